The van der Waals surface area contributed by atoms with E-state index in [0.29, 0.717) is 12.1 Å². The second-order valence-corrected chi connectivity index (χ2v) is 6.22. The van der Waals surface area contributed by atoms with E-state index in [1.807, 2.05) is 31.2 Å². The van der Waals surface area contributed by atoms with E-state index in [0.717, 1.165) is 30.2 Å². The molecular formula is C19H20F2N2O. The molecule has 1 saturated carbocycles. The van der Waals surface area contributed by atoms with Crippen LogP contribution in [0.1, 0.15) is 36.9 Å². The molecule has 0 spiro atoms. The Labute approximate surface area is 140 Å². The molecular weight excluding hydrogens is 310 g/mol. The molecule has 1 amide bonds. The van der Waals surface area contributed by atoms with Crippen LogP contribution in [0, 0.1) is 17.6 Å². The lowest BCUT2D eigenvalue weighted by Crippen LogP contribution is -2.19. The van der Waals surface area contributed by atoms with Gasteiger partial charge in [-0.3, -0.25) is 4.79 Å². The molecule has 0 saturated heterocycles. The highest BCUT2D eigenvalue weighted by atomic mass is 19.1. The van der Waals surface area contributed by atoms with Crippen molar-refractivity contribution in [1.82, 2.24) is 5.32 Å². The summed E-state index contributed by atoms with van der Waals surface area (Å²) in [4.78, 5) is 11.7. The number of hydrogen-bond donors (Lipinski definition) is 2. The Bertz CT molecular complexity index is 727. The molecule has 3 nitrogen and oxygen atoms in total. The van der Waals surface area contributed by atoms with Crippen molar-refractivity contribution in [3.63, 3.8) is 0 Å². The van der Waals surface area contributed by atoms with Crippen LogP contribution < -0.4 is 10.6 Å². The van der Waals surface area contributed by atoms with Gasteiger partial charge in [0, 0.05) is 35.8 Å². The average molecular weight is 330 g/mol. The van der Waals surface area contributed by atoms with Crippen LogP contribution in [0.25, 0.3) is 0 Å². The van der Waals surface area contributed by atoms with Crippen LogP contribution in [0.5, 0.6) is 0 Å². The first-order chi connectivity index (χ1) is 11.5. The van der Waals surface area contributed by atoms with Gasteiger partial charge in [0.25, 0.3) is 0 Å². The fourth-order valence-electron chi connectivity index (χ4n) is 2.49. The number of nitrogens with one attached hydrogen (secondary N) is 2. The number of amides is 1. The van der Waals surface area contributed by atoms with Crippen molar-refractivity contribution >= 4 is 11.6 Å². The number of hydrogen-bond acceptors (Lipinski definition) is 2. The minimum atomic E-state index is -0.576. The number of rotatable bonds is 6. The lowest BCUT2D eigenvalue weighted by atomic mass is 10.1. The lowest BCUT2D eigenvalue weighted by Gasteiger charge is -2.15. The van der Waals surface area contributed by atoms with E-state index in [9.17, 15) is 13.6 Å². The average Bonchev–Trinajstić information content (AvgIpc) is 3.39. The molecule has 0 aromatic heterocycles. The fourth-order valence-corrected chi connectivity index (χ4v) is 2.49. The van der Waals surface area contributed by atoms with E-state index in [1.165, 1.54) is 12.1 Å². The van der Waals surface area contributed by atoms with Gasteiger partial charge in [0.15, 0.2) is 0 Å². The predicted octanol–water partition coefficient (Wildman–Crippen LogP) is 4.16. The van der Waals surface area contributed by atoms with Crippen LogP contribution in [0.4, 0.5) is 14.5 Å². The molecule has 126 valence electrons. The standard InChI is InChI=1S/C19H20F2N2O/c1-12(22-11-15-4-7-16(20)10-18(15)21)13-5-8-17(9-6-13)23-19(24)14-2-3-14/h4-10,12,14,22H,2-3,11H2,1H3,(H,23,24)/t12-/m0/s1. The molecule has 2 aromatic rings. The summed E-state index contributed by atoms with van der Waals surface area (Å²) in [6.45, 7) is 2.28. The van der Waals surface area contributed by atoms with E-state index in [-0.39, 0.29) is 17.9 Å². The van der Waals surface area contributed by atoms with Gasteiger partial charge in [-0.2, -0.15) is 0 Å². The Hall–Kier alpha value is -2.27. The minimum absolute atomic E-state index is 0.00244. The first kappa shape index (κ1) is 16.6. The maximum atomic E-state index is 13.6. The van der Waals surface area contributed by atoms with Gasteiger partial charge in [0.1, 0.15) is 11.6 Å². The Morgan fingerprint density at radius 1 is 1.17 bits per heavy atom. The second-order valence-electron chi connectivity index (χ2n) is 6.22. The molecule has 1 atom stereocenters. The van der Waals surface area contributed by atoms with E-state index >= 15 is 0 Å². The molecule has 5 heteroatoms. The summed E-state index contributed by atoms with van der Waals surface area (Å²) in [5, 5.41) is 6.11. The van der Waals surface area contributed by atoms with Gasteiger partial charge in [0.2, 0.25) is 5.91 Å². The monoisotopic (exact) mass is 330 g/mol. The van der Waals surface area contributed by atoms with Crippen molar-refractivity contribution in [2.75, 3.05) is 5.32 Å². The quantitative estimate of drug-likeness (QED) is 0.835. The molecule has 1 aliphatic rings. The third-order valence-corrected chi connectivity index (χ3v) is 4.24. The van der Waals surface area contributed by atoms with Crippen LogP contribution in [-0.2, 0) is 11.3 Å². The predicted molar refractivity (Wildman–Crippen MR) is 89.4 cm³/mol. The summed E-state index contributed by atoms with van der Waals surface area (Å²) in [5.74, 6) is -0.863. The first-order valence-corrected chi connectivity index (χ1v) is 8.11. The molecule has 3 rings (SSSR count). The maximum Gasteiger partial charge on any atom is 0.227 e. The Morgan fingerprint density at radius 2 is 1.88 bits per heavy atom. The zero-order valence-electron chi connectivity index (χ0n) is 13.5. The van der Waals surface area contributed by atoms with Gasteiger partial charge < -0.3 is 10.6 Å². The summed E-state index contributed by atoms with van der Waals surface area (Å²) in [6, 6.07) is 11.2. The highest BCUT2D eigenvalue weighted by Crippen LogP contribution is 2.30. The molecule has 1 aliphatic carbocycles. The third-order valence-electron chi connectivity index (χ3n) is 4.24. The van der Waals surface area contributed by atoms with Crippen molar-refractivity contribution < 1.29 is 13.6 Å². The summed E-state index contributed by atoms with van der Waals surface area (Å²) in [5.41, 5.74) is 2.24. The molecule has 24 heavy (non-hydrogen) atoms. The molecule has 0 heterocycles. The van der Waals surface area contributed by atoms with Crippen LogP contribution in [0.2, 0.25) is 0 Å². The topological polar surface area (TPSA) is 41.1 Å². The van der Waals surface area contributed by atoms with Crippen molar-refractivity contribution in [3.05, 3.63) is 65.2 Å². The SMILES string of the molecule is C[C@H](NCc1ccc(F)cc1F)c1ccc(NC(=O)C2CC2)cc1. The zero-order valence-corrected chi connectivity index (χ0v) is 13.5. The normalized spacial score (nSPS) is 15.1. The van der Waals surface area contributed by atoms with E-state index in [1.54, 1.807) is 0 Å². The number of anilines is 1. The van der Waals surface area contributed by atoms with Crippen LogP contribution in [0.15, 0.2) is 42.5 Å². The van der Waals surface area contributed by atoms with Crippen LogP contribution in [-0.4, -0.2) is 5.91 Å². The smallest absolute Gasteiger partial charge is 0.227 e. The molecule has 1 fully saturated rings. The minimum Gasteiger partial charge on any atom is -0.326 e. The summed E-state index contributed by atoms with van der Waals surface area (Å²) in [7, 11) is 0. The molecule has 0 bridgehead atoms. The zero-order chi connectivity index (χ0) is 17.1. The number of carbonyl (C=O) groups excluding carboxylic acids is 1. The van der Waals surface area contributed by atoms with Crippen molar-refractivity contribution in [2.45, 2.75) is 32.4 Å². The summed E-state index contributed by atoms with van der Waals surface area (Å²) in [6.07, 6.45) is 1.95. The van der Waals surface area contributed by atoms with Gasteiger partial charge in [-0.05, 0) is 43.5 Å². The molecule has 2 N–H and O–H groups in total. The Balaban J connectivity index is 1.56. The number of halogens is 2. The van der Waals surface area contributed by atoms with Gasteiger partial charge in [-0.1, -0.05) is 18.2 Å². The maximum absolute atomic E-state index is 13.6. The highest BCUT2D eigenvalue weighted by molar-refractivity contribution is 5.94. The van der Waals surface area contributed by atoms with E-state index in [2.05, 4.69) is 10.6 Å². The third kappa shape index (κ3) is 4.17. The van der Waals surface area contributed by atoms with Gasteiger partial charge in [0.05, 0.1) is 0 Å². The van der Waals surface area contributed by atoms with Crippen molar-refractivity contribution in [2.24, 2.45) is 5.92 Å². The molecule has 2 aromatic carbocycles. The number of carbonyl (C=O) groups is 1. The molecule has 0 aliphatic heterocycles. The van der Waals surface area contributed by atoms with Gasteiger partial charge in [-0.15, -0.1) is 0 Å². The second kappa shape index (κ2) is 7.09. The first-order valence-electron chi connectivity index (χ1n) is 8.11. The van der Waals surface area contributed by atoms with Gasteiger partial charge in [-0.25, -0.2) is 8.78 Å². The van der Waals surface area contributed by atoms with Crippen molar-refractivity contribution in [3.8, 4) is 0 Å². The van der Waals surface area contributed by atoms with Crippen molar-refractivity contribution in [1.29, 1.82) is 0 Å². The van der Waals surface area contributed by atoms with E-state index < -0.39 is 11.6 Å². The van der Waals surface area contributed by atoms with E-state index in [4.69, 9.17) is 0 Å². The largest absolute Gasteiger partial charge is 0.326 e. The number of benzene rings is 2. The molecule has 0 unspecified atom stereocenters. The lowest BCUT2D eigenvalue weighted by molar-refractivity contribution is -0.117. The van der Waals surface area contributed by atoms with Gasteiger partial charge >= 0.3 is 0 Å². The van der Waals surface area contributed by atoms with Crippen LogP contribution >= 0.6 is 0 Å². The fraction of sp³-hybridized carbons (Fsp3) is 0.316. The van der Waals surface area contributed by atoms with Crippen LogP contribution in [0.3, 0.4) is 0 Å². The Kier molecular flexibility index (Phi) is 4.90. The summed E-state index contributed by atoms with van der Waals surface area (Å²) < 4.78 is 26.5. The highest BCUT2D eigenvalue weighted by Gasteiger charge is 2.29. The summed E-state index contributed by atoms with van der Waals surface area (Å²) >= 11 is 0. The molecule has 0 radical (unpaired) electrons. The Morgan fingerprint density at radius 3 is 2.50 bits per heavy atom.